The predicted molar refractivity (Wildman–Crippen MR) is 92.9 cm³/mol. The zero-order valence-electron chi connectivity index (χ0n) is 14.7. The number of benzene rings is 1. The van der Waals surface area contributed by atoms with Gasteiger partial charge in [-0.1, -0.05) is 6.92 Å². The first-order valence-corrected chi connectivity index (χ1v) is 8.41. The van der Waals surface area contributed by atoms with Gasteiger partial charge >= 0.3 is 6.03 Å². The Labute approximate surface area is 147 Å². The maximum Gasteiger partial charge on any atom is 0.346 e. The Morgan fingerprint density at radius 2 is 1.76 bits per heavy atom. The fraction of sp³-hybridized carbons (Fsp3) is 0.500. The molecule has 7 heteroatoms. The van der Waals surface area contributed by atoms with Crippen LogP contribution in [0.4, 0.5) is 4.79 Å². The van der Waals surface area contributed by atoms with E-state index in [0.29, 0.717) is 35.8 Å². The monoisotopic (exact) mass is 345 g/mol. The lowest BCUT2D eigenvalue weighted by Crippen LogP contribution is -2.49. The van der Waals surface area contributed by atoms with Crippen LogP contribution in [0.5, 0.6) is 11.5 Å². The largest absolute Gasteiger partial charge is 0.497 e. The molecule has 1 aromatic rings. The van der Waals surface area contributed by atoms with Crippen LogP contribution in [-0.2, 0) is 4.79 Å². The predicted octanol–water partition coefficient (Wildman–Crippen LogP) is 2.54. The van der Waals surface area contributed by atoms with Gasteiger partial charge in [0.25, 0.3) is 5.91 Å². The number of carbonyl (C=O) groups excluding carboxylic acids is 2. The molecule has 1 spiro atoms. The minimum absolute atomic E-state index is 0.268. The van der Waals surface area contributed by atoms with Crippen molar-refractivity contribution in [3.05, 3.63) is 23.8 Å². The van der Waals surface area contributed by atoms with Crippen molar-refractivity contribution in [2.24, 2.45) is 11.0 Å². The minimum atomic E-state index is -0.785. The molecule has 1 N–H and O–H groups in total. The number of methoxy groups -OCH3 is 2. The van der Waals surface area contributed by atoms with Crippen LogP contribution in [0.25, 0.3) is 0 Å². The maximum absolute atomic E-state index is 12.7. The molecule has 3 amide bonds. The summed E-state index contributed by atoms with van der Waals surface area (Å²) in [4.78, 5) is 25.0. The Balaban J connectivity index is 1.80. The zero-order chi connectivity index (χ0) is 18.0. The standard InChI is InChI=1S/C18H23N3O4/c1-12-4-6-18(7-5-12)16(22)21(17(23)20-18)19-11-13-8-14(24-2)10-15(9-13)25-3/h8-12H,4-7H2,1-3H3,(H,20,23)/b19-11+. The molecule has 2 fully saturated rings. The second-order valence-corrected chi connectivity index (χ2v) is 6.70. The molecule has 0 bridgehead atoms. The van der Waals surface area contributed by atoms with Crippen LogP contribution in [-0.4, -0.2) is 42.9 Å². The van der Waals surface area contributed by atoms with Crippen molar-refractivity contribution in [1.82, 2.24) is 10.3 Å². The number of hydrazone groups is 1. The highest BCUT2D eigenvalue weighted by molar-refractivity contribution is 6.07. The highest BCUT2D eigenvalue weighted by Crippen LogP contribution is 2.36. The fourth-order valence-electron chi connectivity index (χ4n) is 3.33. The van der Waals surface area contributed by atoms with E-state index in [2.05, 4.69) is 17.3 Å². The number of ether oxygens (including phenoxy) is 2. The van der Waals surface area contributed by atoms with E-state index in [1.54, 1.807) is 32.4 Å². The number of amides is 3. The van der Waals surface area contributed by atoms with Gasteiger partial charge in [0, 0.05) is 11.6 Å². The van der Waals surface area contributed by atoms with Gasteiger partial charge in [0.05, 0.1) is 20.4 Å². The quantitative estimate of drug-likeness (QED) is 0.672. The lowest BCUT2D eigenvalue weighted by molar-refractivity contribution is -0.132. The van der Waals surface area contributed by atoms with Crippen molar-refractivity contribution in [3.8, 4) is 11.5 Å². The number of urea groups is 1. The molecular formula is C18H23N3O4. The molecule has 1 aliphatic heterocycles. The summed E-state index contributed by atoms with van der Waals surface area (Å²) in [7, 11) is 3.11. The number of hydrogen-bond acceptors (Lipinski definition) is 5. The lowest BCUT2D eigenvalue weighted by Gasteiger charge is -2.33. The van der Waals surface area contributed by atoms with E-state index in [1.807, 2.05) is 0 Å². The highest BCUT2D eigenvalue weighted by Gasteiger charge is 2.52. The van der Waals surface area contributed by atoms with Crippen molar-refractivity contribution in [3.63, 3.8) is 0 Å². The number of imide groups is 1. The summed E-state index contributed by atoms with van der Waals surface area (Å²) >= 11 is 0. The zero-order valence-corrected chi connectivity index (χ0v) is 14.7. The summed E-state index contributed by atoms with van der Waals surface area (Å²) in [5.74, 6) is 1.53. The molecule has 25 heavy (non-hydrogen) atoms. The van der Waals surface area contributed by atoms with Gasteiger partial charge in [-0.3, -0.25) is 4.79 Å². The summed E-state index contributed by atoms with van der Waals surface area (Å²) in [5.41, 5.74) is -0.109. The van der Waals surface area contributed by atoms with Crippen molar-refractivity contribution < 1.29 is 19.1 Å². The van der Waals surface area contributed by atoms with Crippen LogP contribution in [0.15, 0.2) is 23.3 Å². The van der Waals surface area contributed by atoms with Gasteiger partial charge in [0.1, 0.15) is 17.0 Å². The van der Waals surface area contributed by atoms with E-state index in [-0.39, 0.29) is 5.91 Å². The molecule has 1 saturated heterocycles. The molecule has 1 heterocycles. The Bertz CT molecular complexity index is 686. The van der Waals surface area contributed by atoms with E-state index in [9.17, 15) is 9.59 Å². The van der Waals surface area contributed by atoms with Crippen LogP contribution in [0, 0.1) is 5.92 Å². The first kappa shape index (κ1) is 17.3. The molecule has 1 aliphatic carbocycles. The van der Waals surface area contributed by atoms with Crippen LogP contribution in [0.1, 0.15) is 38.2 Å². The summed E-state index contributed by atoms with van der Waals surface area (Å²) in [5, 5.41) is 7.89. The van der Waals surface area contributed by atoms with Crippen LogP contribution < -0.4 is 14.8 Å². The van der Waals surface area contributed by atoms with Crippen molar-refractivity contribution in [1.29, 1.82) is 0 Å². The minimum Gasteiger partial charge on any atom is -0.497 e. The van der Waals surface area contributed by atoms with E-state index in [1.165, 1.54) is 6.21 Å². The first-order valence-electron chi connectivity index (χ1n) is 8.41. The molecule has 3 rings (SSSR count). The third kappa shape index (κ3) is 3.31. The van der Waals surface area contributed by atoms with E-state index < -0.39 is 11.6 Å². The highest BCUT2D eigenvalue weighted by atomic mass is 16.5. The summed E-state index contributed by atoms with van der Waals surface area (Å²) in [6, 6.07) is 4.78. The summed E-state index contributed by atoms with van der Waals surface area (Å²) in [6.07, 6.45) is 4.65. The molecule has 7 nitrogen and oxygen atoms in total. The fourth-order valence-corrected chi connectivity index (χ4v) is 3.33. The number of carbonyl (C=O) groups is 2. The second-order valence-electron chi connectivity index (χ2n) is 6.70. The molecule has 0 atom stereocenters. The molecule has 0 unspecified atom stereocenters. The van der Waals surface area contributed by atoms with Crippen LogP contribution >= 0.6 is 0 Å². The maximum atomic E-state index is 12.7. The van der Waals surface area contributed by atoms with Gasteiger partial charge in [0.15, 0.2) is 0 Å². The van der Waals surface area contributed by atoms with E-state index >= 15 is 0 Å². The number of hydrogen-bond donors (Lipinski definition) is 1. The third-order valence-electron chi connectivity index (χ3n) is 4.96. The molecule has 1 saturated carbocycles. The van der Waals surface area contributed by atoms with Gasteiger partial charge in [-0.25, -0.2) is 4.79 Å². The van der Waals surface area contributed by atoms with Crippen LogP contribution in [0.3, 0.4) is 0 Å². The van der Waals surface area contributed by atoms with E-state index in [0.717, 1.165) is 17.9 Å². The van der Waals surface area contributed by atoms with Crippen LogP contribution in [0.2, 0.25) is 0 Å². The molecule has 134 valence electrons. The number of nitrogens with one attached hydrogen (secondary N) is 1. The summed E-state index contributed by atoms with van der Waals surface area (Å²) in [6.45, 7) is 2.17. The Kier molecular flexibility index (Phi) is 4.65. The van der Waals surface area contributed by atoms with Gasteiger partial charge < -0.3 is 14.8 Å². The first-order chi connectivity index (χ1) is 12.0. The van der Waals surface area contributed by atoms with Crippen molar-refractivity contribution >= 4 is 18.2 Å². The van der Waals surface area contributed by atoms with Gasteiger partial charge in [-0.05, 0) is 43.7 Å². The molecule has 1 aromatic carbocycles. The SMILES string of the molecule is COc1cc(/C=N/N2C(=O)NC3(CCC(C)CC3)C2=O)cc(OC)c1. The average molecular weight is 345 g/mol. The number of nitrogens with zero attached hydrogens (tertiary/aromatic N) is 2. The van der Waals surface area contributed by atoms with Gasteiger partial charge in [-0.2, -0.15) is 5.10 Å². The second kappa shape index (κ2) is 6.74. The molecular weight excluding hydrogens is 322 g/mol. The Morgan fingerprint density at radius 3 is 2.32 bits per heavy atom. The van der Waals surface area contributed by atoms with Crippen molar-refractivity contribution in [2.75, 3.05) is 14.2 Å². The third-order valence-corrected chi connectivity index (χ3v) is 4.96. The molecule has 2 aliphatic rings. The number of rotatable bonds is 4. The van der Waals surface area contributed by atoms with Gasteiger partial charge in [-0.15, -0.1) is 5.01 Å². The molecule has 0 aromatic heterocycles. The summed E-state index contributed by atoms with van der Waals surface area (Å²) < 4.78 is 10.4. The lowest BCUT2D eigenvalue weighted by atomic mass is 9.77. The van der Waals surface area contributed by atoms with E-state index in [4.69, 9.17) is 9.47 Å². The smallest absolute Gasteiger partial charge is 0.346 e. The van der Waals surface area contributed by atoms with Gasteiger partial charge in [0.2, 0.25) is 0 Å². The normalized spacial score (nSPS) is 26.4. The average Bonchev–Trinajstić information content (AvgIpc) is 2.85. The Hall–Kier alpha value is -2.57. The Morgan fingerprint density at radius 1 is 1.16 bits per heavy atom. The topological polar surface area (TPSA) is 80.2 Å². The van der Waals surface area contributed by atoms with Crippen molar-refractivity contribution in [2.45, 2.75) is 38.1 Å². The molecule has 0 radical (unpaired) electrons.